The van der Waals surface area contributed by atoms with E-state index in [1.807, 2.05) is 30.3 Å². The Bertz CT molecular complexity index is 588. The number of halogens is 1. The van der Waals surface area contributed by atoms with Crippen molar-refractivity contribution in [1.29, 1.82) is 0 Å². The summed E-state index contributed by atoms with van der Waals surface area (Å²) in [6.45, 7) is 0.303. The van der Waals surface area contributed by atoms with Crippen molar-refractivity contribution in [3.8, 4) is 0 Å². The van der Waals surface area contributed by atoms with Crippen LogP contribution in [0.25, 0.3) is 0 Å². The maximum absolute atomic E-state index is 13.5. The molecule has 0 heterocycles. The van der Waals surface area contributed by atoms with Crippen molar-refractivity contribution in [3.05, 3.63) is 71.5 Å². The van der Waals surface area contributed by atoms with Crippen molar-refractivity contribution in [2.24, 2.45) is 0 Å². The van der Waals surface area contributed by atoms with Gasteiger partial charge >= 0.3 is 0 Å². The first-order chi connectivity index (χ1) is 10.2. The Hall–Kier alpha value is -1.81. The highest BCUT2D eigenvalue weighted by atomic mass is 32.2. The number of hydrogen-bond acceptors (Lipinski definition) is 2. The van der Waals surface area contributed by atoms with Gasteiger partial charge in [0.05, 0.1) is 5.75 Å². The average Bonchev–Trinajstić information content (AvgIpc) is 2.50. The van der Waals surface area contributed by atoms with Crippen molar-refractivity contribution in [2.75, 3.05) is 12.8 Å². The van der Waals surface area contributed by atoms with Gasteiger partial charge in [-0.25, -0.2) is 4.39 Å². The predicted molar refractivity (Wildman–Crippen MR) is 85.5 cm³/mol. The van der Waals surface area contributed by atoms with Crippen molar-refractivity contribution < 1.29 is 9.18 Å². The van der Waals surface area contributed by atoms with Crippen LogP contribution in [-0.4, -0.2) is 23.6 Å². The number of rotatable bonds is 6. The number of carbonyl (C=O) groups excluding carboxylic acids is 1. The number of thioether (sulfide) groups is 1. The molecule has 0 fully saturated rings. The normalized spacial score (nSPS) is 10.4. The minimum absolute atomic E-state index is 0.0131. The summed E-state index contributed by atoms with van der Waals surface area (Å²) in [5, 5.41) is 0. The van der Waals surface area contributed by atoms with Gasteiger partial charge in [0.15, 0.2) is 0 Å². The van der Waals surface area contributed by atoms with Crippen LogP contribution in [0.5, 0.6) is 0 Å². The van der Waals surface area contributed by atoms with E-state index < -0.39 is 0 Å². The van der Waals surface area contributed by atoms with Crippen LogP contribution in [-0.2, 0) is 17.1 Å². The predicted octanol–water partition coefficient (Wildman–Crippen LogP) is 3.72. The average molecular weight is 303 g/mol. The van der Waals surface area contributed by atoms with Crippen LogP contribution in [0.15, 0.2) is 54.6 Å². The van der Waals surface area contributed by atoms with Gasteiger partial charge in [0.25, 0.3) is 0 Å². The summed E-state index contributed by atoms with van der Waals surface area (Å²) >= 11 is 1.57. The smallest absolute Gasteiger partial charge is 0.232 e. The quantitative estimate of drug-likeness (QED) is 0.810. The number of benzene rings is 2. The van der Waals surface area contributed by atoms with Crippen molar-refractivity contribution in [1.82, 2.24) is 4.90 Å². The van der Waals surface area contributed by atoms with Gasteiger partial charge in [-0.1, -0.05) is 48.5 Å². The molecular weight excluding hydrogens is 285 g/mol. The highest BCUT2D eigenvalue weighted by Crippen LogP contribution is 2.14. The van der Waals surface area contributed by atoms with Gasteiger partial charge in [-0.15, -0.1) is 11.8 Å². The Morgan fingerprint density at radius 2 is 1.76 bits per heavy atom. The molecule has 0 aromatic heterocycles. The molecule has 0 unspecified atom stereocenters. The lowest BCUT2D eigenvalue weighted by molar-refractivity contribution is -0.127. The zero-order chi connectivity index (χ0) is 15.1. The van der Waals surface area contributed by atoms with Crippen LogP contribution >= 0.6 is 11.8 Å². The van der Waals surface area contributed by atoms with Gasteiger partial charge in [0.1, 0.15) is 5.82 Å². The Balaban J connectivity index is 1.79. The standard InChI is InChI=1S/C17H18FNOS/c1-19(11-15-9-5-6-10-16(15)18)17(20)13-21-12-14-7-3-2-4-8-14/h2-10H,11-13H2,1H3. The summed E-state index contributed by atoms with van der Waals surface area (Å²) in [4.78, 5) is 13.6. The number of hydrogen-bond donors (Lipinski definition) is 0. The summed E-state index contributed by atoms with van der Waals surface area (Å²) in [7, 11) is 1.71. The van der Waals surface area contributed by atoms with E-state index in [-0.39, 0.29) is 11.7 Å². The lowest BCUT2D eigenvalue weighted by atomic mass is 10.2. The van der Waals surface area contributed by atoms with Crippen molar-refractivity contribution in [2.45, 2.75) is 12.3 Å². The van der Waals surface area contributed by atoms with Gasteiger partial charge in [0, 0.05) is 24.9 Å². The van der Waals surface area contributed by atoms with Gasteiger partial charge in [-0.2, -0.15) is 0 Å². The Kier molecular flexibility index (Phi) is 5.81. The Morgan fingerprint density at radius 3 is 2.48 bits per heavy atom. The van der Waals surface area contributed by atoms with E-state index in [2.05, 4.69) is 0 Å². The molecule has 0 aliphatic heterocycles. The molecule has 0 radical (unpaired) electrons. The zero-order valence-corrected chi connectivity index (χ0v) is 12.8. The molecule has 0 spiro atoms. The molecule has 2 aromatic rings. The molecule has 0 N–H and O–H groups in total. The Morgan fingerprint density at radius 1 is 1.10 bits per heavy atom. The van der Waals surface area contributed by atoms with Gasteiger partial charge in [0.2, 0.25) is 5.91 Å². The molecule has 2 rings (SSSR count). The second-order valence-corrected chi connectivity index (χ2v) is 5.81. The van der Waals surface area contributed by atoms with Crippen LogP contribution in [0.1, 0.15) is 11.1 Å². The first-order valence-corrected chi connectivity index (χ1v) is 7.91. The molecule has 1 amide bonds. The van der Waals surface area contributed by atoms with Crippen LogP contribution in [0, 0.1) is 5.82 Å². The van der Waals surface area contributed by atoms with Crippen LogP contribution in [0.2, 0.25) is 0 Å². The molecule has 110 valence electrons. The van der Waals surface area contributed by atoms with E-state index in [0.717, 1.165) is 5.75 Å². The maximum atomic E-state index is 13.5. The van der Waals surface area contributed by atoms with Crippen LogP contribution < -0.4 is 0 Å². The van der Waals surface area contributed by atoms with E-state index >= 15 is 0 Å². The van der Waals surface area contributed by atoms with Crippen molar-refractivity contribution >= 4 is 17.7 Å². The maximum Gasteiger partial charge on any atom is 0.232 e. The fraction of sp³-hybridized carbons (Fsp3) is 0.235. The SMILES string of the molecule is CN(Cc1ccccc1F)C(=O)CSCc1ccccc1. The minimum atomic E-state index is -0.269. The topological polar surface area (TPSA) is 20.3 Å². The fourth-order valence-electron chi connectivity index (χ4n) is 1.91. The van der Waals surface area contributed by atoms with E-state index in [9.17, 15) is 9.18 Å². The highest BCUT2D eigenvalue weighted by molar-refractivity contribution is 7.99. The summed E-state index contributed by atoms with van der Waals surface area (Å²) < 4.78 is 13.5. The summed E-state index contributed by atoms with van der Waals surface area (Å²) in [5.41, 5.74) is 1.74. The Labute approximate surface area is 129 Å². The molecule has 0 atom stereocenters. The molecule has 21 heavy (non-hydrogen) atoms. The van der Waals surface area contributed by atoms with Crippen molar-refractivity contribution in [3.63, 3.8) is 0 Å². The molecule has 0 saturated heterocycles. The second kappa shape index (κ2) is 7.84. The third kappa shape index (κ3) is 4.90. The molecule has 0 saturated carbocycles. The third-order valence-electron chi connectivity index (χ3n) is 3.13. The lowest BCUT2D eigenvalue weighted by Gasteiger charge is -2.17. The highest BCUT2D eigenvalue weighted by Gasteiger charge is 2.11. The summed E-state index contributed by atoms with van der Waals surface area (Å²) in [6, 6.07) is 16.6. The van der Waals surface area contributed by atoms with Gasteiger partial charge < -0.3 is 4.90 Å². The van der Waals surface area contributed by atoms with E-state index in [0.29, 0.717) is 17.9 Å². The summed E-state index contributed by atoms with van der Waals surface area (Å²) in [5.74, 6) is 0.952. The van der Waals surface area contributed by atoms with Gasteiger partial charge in [-0.05, 0) is 11.6 Å². The van der Waals surface area contributed by atoms with E-state index in [4.69, 9.17) is 0 Å². The number of nitrogens with zero attached hydrogens (tertiary/aromatic N) is 1. The molecule has 2 nitrogen and oxygen atoms in total. The summed E-state index contributed by atoms with van der Waals surface area (Å²) in [6.07, 6.45) is 0. The molecule has 0 bridgehead atoms. The van der Waals surface area contributed by atoms with E-state index in [1.54, 1.807) is 41.9 Å². The number of carbonyl (C=O) groups is 1. The first kappa shape index (κ1) is 15.6. The van der Waals surface area contributed by atoms with E-state index in [1.165, 1.54) is 11.6 Å². The number of amides is 1. The molecular formula is C17H18FNOS. The second-order valence-electron chi connectivity index (χ2n) is 4.82. The van der Waals surface area contributed by atoms with Crippen LogP contribution in [0.4, 0.5) is 4.39 Å². The largest absolute Gasteiger partial charge is 0.341 e. The molecule has 0 aliphatic carbocycles. The monoisotopic (exact) mass is 303 g/mol. The van der Waals surface area contributed by atoms with Crippen LogP contribution in [0.3, 0.4) is 0 Å². The first-order valence-electron chi connectivity index (χ1n) is 6.76. The van der Waals surface area contributed by atoms with Gasteiger partial charge in [-0.3, -0.25) is 4.79 Å². The molecule has 0 aliphatic rings. The molecule has 2 aromatic carbocycles. The molecule has 4 heteroatoms. The lowest BCUT2D eigenvalue weighted by Crippen LogP contribution is -2.28. The third-order valence-corrected chi connectivity index (χ3v) is 4.12. The minimum Gasteiger partial charge on any atom is -0.341 e. The zero-order valence-electron chi connectivity index (χ0n) is 12.0. The fourth-order valence-corrected chi connectivity index (χ4v) is 2.84.